The molecule has 7 heteroatoms. The first-order chi connectivity index (χ1) is 14.4. The van der Waals surface area contributed by atoms with Crippen molar-refractivity contribution in [1.29, 1.82) is 0 Å². The van der Waals surface area contributed by atoms with Gasteiger partial charge in [-0.1, -0.05) is 25.5 Å². The summed E-state index contributed by atoms with van der Waals surface area (Å²) in [6, 6.07) is 0. The van der Waals surface area contributed by atoms with E-state index in [1.807, 2.05) is 0 Å². The predicted octanol–water partition coefficient (Wildman–Crippen LogP) is 3.59. The zero-order chi connectivity index (χ0) is 21.1. The quantitative estimate of drug-likeness (QED) is 0.430. The van der Waals surface area contributed by atoms with Crippen molar-refractivity contribution >= 4 is 18.0 Å². The van der Waals surface area contributed by atoms with Crippen LogP contribution in [-0.4, -0.2) is 38.6 Å². The molecule has 0 radical (unpaired) electrons. The fraction of sp³-hybridized carbons (Fsp3) is 0.696. The molecule has 2 fully saturated rings. The highest BCUT2D eigenvalue weighted by atomic mass is 16.5. The molecule has 0 amide bonds. The molecule has 5 rings (SSSR count). The molecule has 7 nitrogen and oxygen atoms in total. The minimum atomic E-state index is -0.181. The summed E-state index contributed by atoms with van der Waals surface area (Å²) >= 11 is 0. The van der Waals surface area contributed by atoms with Crippen LogP contribution < -0.4 is 0 Å². The topological polar surface area (TPSA) is 87.0 Å². The number of tetrazole rings is 1. The molecule has 0 bridgehead atoms. The van der Waals surface area contributed by atoms with E-state index in [0.29, 0.717) is 17.8 Å². The van der Waals surface area contributed by atoms with Gasteiger partial charge in [-0.2, -0.15) is 0 Å². The summed E-state index contributed by atoms with van der Waals surface area (Å²) in [5, 5.41) is 12.3. The van der Waals surface area contributed by atoms with E-state index < -0.39 is 0 Å². The highest BCUT2D eigenvalue weighted by Crippen LogP contribution is 2.66. The van der Waals surface area contributed by atoms with Gasteiger partial charge in [0.1, 0.15) is 12.4 Å². The second-order valence-corrected chi connectivity index (χ2v) is 10.1. The van der Waals surface area contributed by atoms with E-state index in [1.54, 1.807) is 4.80 Å². The van der Waals surface area contributed by atoms with Crippen LogP contribution in [0.15, 0.2) is 23.5 Å². The van der Waals surface area contributed by atoms with Gasteiger partial charge in [-0.05, 0) is 66.9 Å². The van der Waals surface area contributed by atoms with Crippen molar-refractivity contribution in [2.24, 2.45) is 28.6 Å². The molecule has 0 aromatic carbocycles. The van der Waals surface area contributed by atoms with E-state index in [0.717, 1.165) is 62.5 Å². The van der Waals surface area contributed by atoms with Crippen LogP contribution in [0, 0.1) is 28.6 Å². The fourth-order valence-corrected chi connectivity index (χ4v) is 7.38. The Morgan fingerprint density at radius 2 is 2.00 bits per heavy atom. The van der Waals surface area contributed by atoms with Gasteiger partial charge in [0.2, 0.25) is 0 Å². The van der Waals surface area contributed by atoms with Gasteiger partial charge in [-0.25, -0.2) is 0 Å². The molecule has 2 saturated carbocycles. The molecular weight excluding hydrogens is 380 g/mol. The molecule has 4 aliphatic rings. The Hall–Kier alpha value is -2.31. The summed E-state index contributed by atoms with van der Waals surface area (Å²) in [6.07, 6.45) is 11.8. The lowest BCUT2D eigenvalue weighted by molar-refractivity contribution is -0.148. The SMILES string of the molecule is CC(=O)O[C@H]1CC[C@@]2(C)C(=CC[C@@H]3[C@@H]2CC[C@]2(C)C(n4ncnn4)=C(C=O)C[C@@H]32)C1. The van der Waals surface area contributed by atoms with Crippen LogP contribution in [-0.2, 0) is 14.3 Å². The Labute approximate surface area is 176 Å². The van der Waals surface area contributed by atoms with Crippen molar-refractivity contribution < 1.29 is 14.3 Å². The Balaban J connectivity index is 1.46. The van der Waals surface area contributed by atoms with Crippen LogP contribution in [0.3, 0.4) is 0 Å². The molecule has 30 heavy (non-hydrogen) atoms. The number of aldehydes is 1. The molecule has 0 N–H and O–H groups in total. The van der Waals surface area contributed by atoms with Crippen LogP contribution in [0.1, 0.15) is 65.7 Å². The Morgan fingerprint density at radius 3 is 2.70 bits per heavy atom. The minimum Gasteiger partial charge on any atom is -0.462 e. The second kappa shape index (κ2) is 6.86. The van der Waals surface area contributed by atoms with E-state index >= 15 is 0 Å². The van der Waals surface area contributed by atoms with Crippen LogP contribution in [0.5, 0.6) is 0 Å². The van der Waals surface area contributed by atoms with Crippen LogP contribution in [0.2, 0.25) is 0 Å². The van der Waals surface area contributed by atoms with E-state index in [-0.39, 0.29) is 22.9 Å². The third-order valence-electron chi connectivity index (χ3n) is 8.76. The summed E-state index contributed by atoms with van der Waals surface area (Å²) in [6.45, 7) is 6.22. The van der Waals surface area contributed by atoms with Gasteiger partial charge in [0.05, 0.1) is 5.70 Å². The lowest BCUT2D eigenvalue weighted by Gasteiger charge is -2.57. The summed E-state index contributed by atoms with van der Waals surface area (Å²) in [5.74, 6) is 1.38. The van der Waals surface area contributed by atoms with Crippen molar-refractivity contribution in [1.82, 2.24) is 20.2 Å². The van der Waals surface area contributed by atoms with Gasteiger partial charge in [0, 0.05) is 24.3 Å². The number of esters is 1. The van der Waals surface area contributed by atoms with E-state index in [1.165, 1.54) is 18.8 Å². The maximum atomic E-state index is 12.0. The Bertz CT molecular complexity index is 936. The van der Waals surface area contributed by atoms with Crippen molar-refractivity contribution in [3.8, 4) is 0 Å². The number of nitrogens with zero attached hydrogens (tertiary/aromatic N) is 4. The molecule has 1 heterocycles. The van der Waals surface area contributed by atoms with Crippen molar-refractivity contribution in [3.05, 3.63) is 23.5 Å². The third kappa shape index (κ3) is 2.73. The molecule has 1 aromatic rings. The van der Waals surface area contributed by atoms with Gasteiger partial charge in [-0.15, -0.1) is 15.0 Å². The van der Waals surface area contributed by atoms with Crippen molar-refractivity contribution in [3.63, 3.8) is 0 Å². The number of carbonyl (C=O) groups excluding carboxylic acids is 2. The van der Waals surface area contributed by atoms with Gasteiger partial charge in [0.15, 0.2) is 6.33 Å². The number of rotatable bonds is 3. The van der Waals surface area contributed by atoms with E-state index in [2.05, 4.69) is 35.3 Å². The summed E-state index contributed by atoms with van der Waals surface area (Å²) in [5.41, 5.74) is 3.33. The van der Waals surface area contributed by atoms with Gasteiger partial charge >= 0.3 is 5.97 Å². The minimum absolute atomic E-state index is 0.0204. The highest BCUT2D eigenvalue weighted by molar-refractivity contribution is 5.86. The average Bonchev–Trinajstić information content (AvgIpc) is 3.32. The number of ether oxygens (including phenoxy) is 1. The molecule has 0 spiro atoms. The smallest absolute Gasteiger partial charge is 0.302 e. The monoisotopic (exact) mass is 410 g/mol. The summed E-state index contributed by atoms with van der Waals surface area (Å²) in [4.78, 5) is 25.0. The van der Waals surface area contributed by atoms with Gasteiger partial charge < -0.3 is 4.74 Å². The zero-order valence-corrected chi connectivity index (χ0v) is 18.0. The molecule has 160 valence electrons. The summed E-state index contributed by atoms with van der Waals surface area (Å²) < 4.78 is 5.54. The van der Waals surface area contributed by atoms with E-state index in [4.69, 9.17) is 4.74 Å². The molecule has 0 aliphatic heterocycles. The molecule has 1 aromatic heterocycles. The van der Waals surface area contributed by atoms with Crippen molar-refractivity contribution in [2.75, 3.05) is 0 Å². The highest BCUT2D eigenvalue weighted by Gasteiger charge is 2.59. The largest absolute Gasteiger partial charge is 0.462 e. The third-order valence-corrected chi connectivity index (χ3v) is 8.76. The van der Waals surface area contributed by atoms with Crippen LogP contribution in [0.4, 0.5) is 0 Å². The first-order valence-electron chi connectivity index (χ1n) is 11.2. The fourth-order valence-electron chi connectivity index (χ4n) is 7.38. The lowest BCUT2D eigenvalue weighted by Crippen LogP contribution is -2.50. The van der Waals surface area contributed by atoms with E-state index in [9.17, 15) is 9.59 Å². The van der Waals surface area contributed by atoms with Gasteiger partial charge in [0.25, 0.3) is 0 Å². The first kappa shape index (κ1) is 19.6. The molecular formula is C23H30N4O3. The van der Waals surface area contributed by atoms with Crippen molar-refractivity contribution in [2.45, 2.75) is 71.8 Å². The lowest BCUT2D eigenvalue weighted by atomic mass is 9.48. The standard InChI is InChI=1S/C23H30N4O3/c1-14(29)30-17-6-8-22(2)16(11-17)4-5-18-19(22)7-9-23(3)20(18)10-15(12-28)21(23)27-25-13-24-26-27/h4,12-13,17-20H,5-11H2,1-3H3/t17-,18+,19-,20-,22-,23-/m0/s1. The zero-order valence-electron chi connectivity index (χ0n) is 18.0. The number of hydrogen-bond donors (Lipinski definition) is 0. The average molecular weight is 411 g/mol. The summed E-state index contributed by atoms with van der Waals surface area (Å²) in [7, 11) is 0. The van der Waals surface area contributed by atoms with Crippen LogP contribution in [0.25, 0.3) is 5.70 Å². The predicted molar refractivity (Wildman–Crippen MR) is 110 cm³/mol. The molecule has 4 aliphatic carbocycles. The molecule has 0 saturated heterocycles. The maximum absolute atomic E-state index is 12.0. The maximum Gasteiger partial charge on any atom is 0.302 e. The molecule has 0 unspecified atom stereocenters. The second-order valence-electron chi connectivity index (χ2n) is 10.1. The number of carbonyl (C=O) groups is 2. The normalized spacial score (nSPS) is 40.2. The number of aromatic nitrogens is 4. The van der Waals surface area contributed by atoms with Crippen LogP contribution >= 0.6 is 0 Å². The Kier molecular flexibility index (Phi) is 4.49. The molecule has 6 atom stereocenters. The number of allylic oxidation sites excluding steroid dienone is 3. The Morgan fingerprint density at radius 1 is 1.20 bits per heavy atom. The number of hydrogen-bond acceptors (Lipinski definition) is 6. The number of fused-ring (bicyclic) bond motifs is 5. The van der Waals surface area contributed by atoms with Gasteiger partial charge in [-0.3, -0.25) is 9.59 Å². The first-order valence-corrected chi connectivity index (χ1v) is 11.2.